The van der Waals surface area contributed by atoms with Crippen molar-refractivity contribution in [1.29, 1.82) is 0 Å². The highest BCUT2D eigenvalue weighted by molar-refractivity contribution is 5.78. The van der Waals surface area contributed by atoms with Crippen LogP contribution in [0.1, 0.15) is 79.0 Å². The van der Waals surface area contributed by atoms with Gasteiger partial charge in [0.05, 0.1) is 0 Å². The molecule has 0 atom stereocenters. The molecule has 1 heteroatoms. The van der Waals surface area contributed by atoms with E-state index in [0.29, 0.717) is 5.75 Å². The second-order valence-electron chi connectivity index (χ2n) is 11.4. The highest BCUT2D eigenvalue weighted by Crippen LogP contribution is 2.61. The van der Waals surface area contributed by atoms with Crippen LogP contribution < -0.4 is 0 Å². The fraction of sp³-hybridized carbons (Fsp3) is 0.538. The van der Waals surface area contributed by atoms with Crippen molar-refractivity contribution < 1.29 is 5.11 Å². The molecule has 0 amide bonds. The van der Waals surface area contributed by atoms with E-state index in [2.05, 4.69) is 92.6 Å². The zero-order valence-corrected chi connectivity index (χ0v) is 18.6. The Labute approximate surface area is 165 Å². The summed E-state index contributed by atoms with van der Waals surface area (Å²) in [6, 6.07) is 13.1. The molecule has 0 bridgehead atoms. The molecule has 0 unspecified atom stereocenters. The summed E-state index contributed by atoms with van der Waals surface area (Å²) in [4.78, 5) is 0. The van der Waals surface area contributed by atoms with Crippen LogP contribution in [-0.4, -0.2) is 5.11 Å². The largest absolute Gasteiger partial charge is 0.508 e. The smallest absolute Gasteiger partial charge is 0.119 e. The number of fused-ring (bicyclic) bond motifs is 3. The summed E-state index contributed by atoms with van der Waals surface area (Å²) in [7, 11) is 0. The normalized spacial score (nSPS) is 16.6. The lowest BCUT2D eigenvalue weighted by Crippen LogP contribution is -2.53. The van der Waals surface area contributed by atoms with Gasteiger partial charge in [0.2, 0.25) is 0 Å². The number of aromatic hydroxyl groups is 1. The Balaban J connectivity index is 2.49. The number of hydrogen-bond donors (Lipinski definition) is 1. The Morgan fingerprint density at radius 1 is 0.778 bits per heavy atom. The molecule has 3 rings (SSSR count). The van der Waals surface area contributed by atoms with Gasteiger partial charge in [0.15, 0.2) is 0 Å². The van der Waals surface area contributed by atoms with E-state index in [9.17, 15) is 5.11 Å². The predicted octanol–water partition coefficient (Wildman–Crippen LogP) is 7.24. The molecule has 2 aromatic carbocycles. The summed E-state index contributed by atoms with van der Waals surface area (Å²) in [5, 5.41) is 10.9. The van der Waals surface area contributed by atoms with Gasteiger partial charge in [-0.3, -0.25) is 0 Å². The molecule has 0 saturated heterocycles. The summed E-state index contributed by atoms with van der Waals surface area (Å²) in [6.45, 7) is 20.8. The van der Waals surface area contributed by atoms with Gasteiger partial charge in [-0.15, -0.1) is 0 Å². The molecule has 0 fully saturated rings. The van der Waals surface area contributed by atoms with E-state index in [-0.39, 0.29) is 21.7 Å². The molecular formula is C26H36O. The third kappa shape index (κ3) is 2.91. The van der Waals surface area contributed by atoms with Crippen LogP contribution in [0.5, 0.6) is 5.75 Å². The van der Waals surface area contributed by atoms with Crippen LogP contribution >= 0.6 is 0 Å². The van der Waals surface area contributed by atoms with Crippen molar-refractivity contribution in [3.63, 3.8) is 0 Å². The summed E-state index contributed by atoms with van der Waals surface area (Å²) in [5.74, 6) is 0.412. The maximum Gasteiger partial charge on any atom is 0.119 e. The highest BCUT2D eigenvalue weighted by atomic mass is 16.3. The lowest BCUT2D eigenvalue weighted by atomic mass is 9.46. The molecule has 0 heterocycles. The SMILES string of the molecule is CC(C)(C)c1cc2c(cc1O)-c1ccccc1CC2(C(C)(C)C)C(C)(C)C. The number of rotatable bonds is 0. The van der Waals surface area contributed by atoms with Gasteiger partial charge in [0.1, 0.15) is 5.75 Å². The van der Waals surface area contributed by atoms with Crippen LogP contribution in [0.3, 0.4) is 0 Å². The molecule has 0 saturated carbocycles. The summed E-state index contributed by atoms with van der Waals surface area (Å²) in [6.07, 6.45) is 1.03. The van der Waals surface area contributed by atoms with E-state index in [1.54, 1.807) is 0 Å². The summed E-state index contributed by atoms with van der Waals surface area (Å²) >= 11 is 0. The fourth-order valence-electron chi connectivity index (χ4n) is 5.55. The second kappa shape index (κ2) is 5.87. The molecule has 1 nitrogen and oxygen atoms in total. The van der Waals surface area contributed by atoms with Gasteiger partial charge in [0.25, 0.3) is 0 Å². The van der Waals surface area contributed by atoms with Crippen molar-refractivity contribution in [2.45, 2.75) is 79.6 Å². The molecular weight excluding hydrogens is 328 g/mol. The van der Waals surface area contributed by atoms with Crippen molar-refractivity contribution in [2.75, 3.05) is 0 Å². The van der Waals surface area contributed by atoms with Gasteiger partial charge in [-0.2, -0.15) is 0 Å². The minimum absolute atomic E-state index is 0.0304. The standard InChI is InChI=1S/C26H36O/c1-23(2,3)21-15-20-19(14-22(21)27)18-13-11-10-12-17(18)16-26(20,24(4,5)6)25(7,8)9/h10-15,27H,16H2,1-9H3. The average molecular weight is 365 g/mol. The Bertz CT molecular complexity index is 853. The third-order valence-corrected chi connectivity index (χ3v) is 6.73. The van der Waals surface area contributed by atoms with Gasteiger partial charge in [-0.1, -0.05) is 92.6 Å². The average Bonchev–Trinajstić information content (AvgIpc) is 2.50. The molecule has 1 N–H and O–H groups in total. The Morgan fingerprint density at radius 3 is 1.85 bits per heavy atom. The van der Waals surface area contributed by atoms with Crippen molar-refractivity contribution in [1.82, 2.24) is 0 Å². The van der Waals surface area contributed by atoms with Crippen molar-refractivity contribution in [2.24, 2.45) is 10.8 Å². The third-order valence-electron chi connectivity index (χ3n) is 6.73. The van der Waals surface area contributed by atoms with E-state index < -0.39 is 0 Å². The lowest BCUT2D eigenvalue weighted by Gasteiger charge is -2.57. The minimum Gasteiger partial charge on any atom is -0.508 e. The maximum absolute atomic E-state index is 10.9. The first-order valence-electron chi connectivity index (χ1n) is 10.2. The van der Waals surface area contributed by atoms with Crippen molar-refractivity contribution in [3.05, 3.63) is 53.1 Å². The summed E-state index contributed by atoms with van der Waals surface area (Å²) < 4.78 is 0. The van der Waals surface area contributed by atoms with Crippen LogP contribution in [0.15, 0.2) is 36.4 Å². The Hall–Kier alpha value is -1.76. The first-order valence-corrected chi connectivity index (χ1v) is 10.2. The molecule has 0 aromatic heterocycles. The molecule has 0 spiro atoms. The van der Waals surface area contributed by atoms with E-state index in [4.69, 9.17) is 0 Å². The zero-order chi connectivity index (χ0) is 20.4. The van der Waals surface area contributed by atoms with E-state index in [1.165, 1.54) is 22.3 Å². The van der Waals surface area contributed by atoms with Crippen molar-refractivity contribution in [3.8, 4) is 16.9 Å². The van der Waals surface area contributed by atoms with Gasteiger partial charge in [-0.05, 0) is 56.5 Å². The van der Waals surface area contributed by atoms with Gasteiger partial charge >= 0.3 is 0 Å². The van der Waals surface area contributed by atoms with Crippen LogP contribution in [0.2, 0.25) is 0 Å². The van der Waals surface area contributed by atoms with E-state index >= 15 is 0 Å². The topological polar surface area (TPSA) is 20.2 Å². The molecule has 0 aliphatic heterocycles. The number of hydrogen-bond acceptors (Lipinski definition) is 1. The second-order valence-corrected chi connectivity index (χ2v) is 11.4. The van der Waals surface area contributed by atoms with Crippen LogP contribution in [0.25, 0.3) is 11.1 Å². The first kappa shape index (κ1) is 20.0. The molecule has 146 valence electrons. The molecule has 27 heavy (non-hydrogen) atoms. The maximum atomic E-state index is 10.9. The van der Waals surface area contributed by atoms with Gasteiger partial charge in [-0.25, -0.2) is 0 Å². The van der Waals surface area contributed by atoms with Crippen LogP contribution in [0.4, 0.5) is 0 Å². The monoisotopic (exact) mass is 364 g/mol. The predicted molar refractivity (Wildman–Crippen MR) is 117 cm³/mol. The lowest BCUT2D eigenvalue weighted by molar-refractivity contribution is 0.0496. The van der Waals surface area contributed by atoms with E-state index in [0.717, 1.165) is 12.0 Å². The first-order chi connectivity index (χ1) is 12.2. The number of benzene rings is 2. The van der Waals surface area contributed by atoms with Crippen LogP contribution in [0, 0.1) is 10.8 Å². The molecule has 1 aliphatic carbocycles. The fourth-order valence-corrected chi connectivity index (χ4v) is 5.55. The van der Waals surface area contributed by atoms with Crippen molar-refractivity contribution >= 4 is 0 Å². The van der Waals surface area contributed by atoms with Crippen LogP contribution in [-0.2, 0) is 17.3 Å². The quantitative estimate of drug-likeness (QED) is 0.522. The van der Waals surface area contributed by atoms with Gasteiger partial charge < -0.3 is 5.11 Å². The highest BCUT2D eigenvalue weighted by Gasteiger charge is 2.54. The number of phenolic OH excluding ortho intramolecular Hbond substituents is 1. The molecule has 1 aliphatic rings. The Kier molecular flexibility index (Phi) is 4.34. The Morgan fingerprint density at radius 2 is 1.33 bits per heavy atom. The molecule has 0 radical (unpaired) electrons. The number of phenols is 1. The summed E-state index contributed by atoms with van der Waals surface area (Å²) in [5.41, 5.74) is 6.30. The molecule has 2 aromatic rings. The zero-order valence-electron chi connectivity index (χ0n) is 18.6. The van der Waals surface area contributed by atoms with Gasteiger partial charge in [0, 0.05) is 5.41 Å². The minimum atomic E-state index is -0.0996. The van der Waals surface area contributed by atoms with E-state index in [1.807, 2.05) is 6.07 Å².